The molecule has 0 saturated heterocycles. The van der Waals surface area contributed by atoms with E-state index in [0.717, 1.165) is 25.3 Å². The highest BCUT2D eigenvalue weighted by atomic mass is 16.5. The molecule has 0 aromatic heterocycles. The number of ether oxygens (including phenoxy) is 1. The van der Waals surface area contributed by atoms with Gasteiger partial charge in [0, 0.05) is 0 Å². The second kappa shape index (κ2) is 7.33. The SMILES string of the molecule is CNCCCCOc1ccc(C(C)C)c(C)c1. The molecule has 0 fully saturated rings. The van der Waals surface area contributed by atoms with Crippen LogP contribution in [0, 0.1) is 6.92 Å². The molecule has 0 heterocycles. The molecule has 0 aliphatic carbocycles. The van der Waals surface area contributed by atoms with Crippen LogP contribution in [0.25, 0.3) is 0 Å². The molecular formula is C15H25NO. The second-order valence-electron chi connectivity index (χ2n) is 4.83. The Morgan fingerprint density at radius 2 is 2.00 bits per heavy atom. The molecule has 1 aromatic rings. The van der Waals surface area contributed by atoms with Gasteiger partial charge in [0.2, 0.25) is 0 Å². The Hall–Kier alpha value is -1.02. The Kier molecular flexibility index (Phi) is 6.06. The van der Waals surface area contributed by atoms with Crippen molar-refractivity contribution in [1.29, 1.82) is 0 Å². The van der Waals surface area contributed by atoms with Crippen molar-refractivity contribution in [3.05, 3.63) is 29.3 Å². The summed E-state index contributed by atoms with van der Waals surface area (Å²) in [4.78, 5) is 0. The van der Waals surface area contributed by atoms with E-state index in [1.54, 1.807) is 0 Å². The van der Waals surface area contributed by atoms with Gasteiger partial charge in [0.15, 0.2) is 0 Å². The van der Waals surface area contributed by atoms with Gasteiger partial charge in [0.25, 0.3) is 0 Å². The highest BCUT2D eigenvalue weighted by molar-refractivity contribution is 5.36. The number of rotatable bonds is 7. The number of aryl methyl sites for hydroxylation is 1. The van der Waals surface area contributed by atoms with Crippen LogP contribution in [0.15, 0.2) is 18.2 Å². The van der Waals surface area contributed by atoms with Crippen molar-refractivity contribution >= 4 is 0 Å². The molecule has 2 nitrogen and oxygen atoms in total. The fraction of sp³-hybridized carbons (Fsp3) is 0.600. The molecule has 0 radical (unpaired) electrons. The first-order chi connectivity index (χ1) is 8.15. The zero-order chi connectivity index (χ0) is 12.7. The van der Waals surface area contributed by atoms with Gasteiger partial charge in [-0.25, -0.2) is 0 Å². The fourth-order valence-corrected chi connectivity index (χ4v) is 1.98. The van der Waals surface area contributed by atoms with Gasteiger partial charge in [-0.3, -0.25) is 0 Å². The summed E-state index contributed by atoms with van der Waals surface area (Å²) in [6.07, 6.45) is 2.27. The number of hydrogen-bond acceptors (Lipinski definition) is 2. The van der Waals surface area contributed by atoms with Crippen LogP contribution in [0.5, 0.6) is 5.75 Å². The van der Waals surface area contributed by atoms with Gasteiger partial charge < -0.3 is 10.1 Å². The van der Waals surface area contributed by atoms with E-state index < -0.39 is 0 Å². The van der Waals surface area contributed by atoms with Crippen LogP contribution in [0.1, 0.15) is 43.7 Å². The average Bonchev–Trinajstić information content (AvgIpc) is 2.28. The molecule has 1 N–H and O–H groups in total. The zero-order valence-electron chi connectivity index (χ0n) is 11.5. The van der Waals surface area contributed by atoms with E-state index in [2.05, 4.69) is 44.3 Å². The van der Waals surface area contributed by atoms with E-state index >= 15 is 0 Å². The third kappa shape index (κ3) is 4.78. The van der Waals surface area contributed by atoms with Crippen molar-refractivity contribution in [3.63, 3.8) is 0 Å². The smallest absolute Gasteiger partial charge is 0.119 e. The number of unbranched alkanes of at least 4 members (excludes halogenated alkanes) is 1. The number of benzene rings is 1. The summed E-state index contributed by atoms with van der Waals surface area (Å²) in [6, 6.07) is 6.41. The van der Waals surface area contributed by atoms with Crippen molar-refractivity contribution in [2.45, 2.75) is 39.5 Å². The summed E-state index contributed by atoms with van der Waals surface area (Å²) in [6.45, 7) is 8.47. The molecule has 0 unspecified atom stereocenters. The van der Waals surface area contributed by atoms with Crippen LogP contribution in [0.4, 0.5) is 0 Å². The van der Waals surface area contributed by atoms with Crippen molar-refractivity contribution < 1.29 is 4.74 Å². The normalized spacial score (nSPS) is 10.9. The lowest BCUT2D eigenvalue weighted by Crippen LogP contribution is -2.09. The monoisotopic (exact) mass is 235 g/mol. The standard InChI is InChI=1S/C15H25NO/c1-12(2)15-8-7-14(11-13(15)3)17-10-6-5-9-16-4/h7-8,11-12,16H,5-6,9-10H2,1-4H3. The largest absolute Gasteiger partial charge is 0.494 e. The molecule has 0 amide bonds. The number of hydrogen-bond donors (Lipinski definition) is 1. The Morgan fingerprint density at radius 3 is 2.59 bits per heavy atom. The van der Waals surface area contributed by atoms with E-state index in [9.17, 15) is 0 Å². The Morgan fingerprint density at radius 1 is 1.24 bits per heavy atom. The Bertz CT molecular complexity index is 334. The molecule has 0 aliphatic rings. The van der Waals surface area contributed by atoms with Crippen molar-refractivity contribution in [3.8, 4) is 5.75 Å². The predicted molar refractivity (Wildman–Crippen MR) is 73.9 cm³/mol. The third-order valence-corrected chi connectivity index (χ3v) is 2.95. The number of nitrogens with one attached hydrogen (secondary N) is 1. The Labute approximate surface area is 105 Å². The van der Waals surface area contributed by atoms with Crippen LogP contribution in [-0.4, -0.2) is 20.2 Å². The lowest BCUT2D eigenvalue weighted by atomic mass is 9.98. The maximum Gasteiger partial charge on any atom is 0.119 e. The molecule has 96 valence electrons. The minimum Gasteiger partial charge on any atom is -0.494 e. The highest BCUT2D eigenvalue weighted by Crippen LogP contribution is 2.23. The summed E-state index contributed by atoms with van der Waals surface area (Å²) in [5.41, 5.74) is 2.74. The summed E-state index contributed by atoms with van der Waals surface area (Å²) < 4.78 is 5.74. The van der Waals surface area contributed by atoms with Gasteiger partial charge in [0.1, 0.15) is 5.75 Å². The first kappa shape index (κ1) is 14.0. The quantitative estimate of drug-likeness (QED) is 0.730. The Balaban J connectivity index is 2.42. The van der Waals surface area contributed by atoms with Crippen LogP contribution in [0.3, 0.4) is 0 Å². The van der Waals surface area contributed by atoms with Crippen molar-refractivity contribution in [2.75, 3.05) is 20.2 Å². The van der Waals surface area contributed by atoms with Crippen molar-refractivity contribution in [1.82, 2.24) is 5.32 Å². The summed E-state index contributed by atoms with van der Waals surface area (Å²) in [5, 5.41) is 3.14. The van der Waals surface area contributed by atoms with Crippen molar-refractivity contribution in [2.24, 2.45) is 0 Å². The van der Waals surface area contributed by atoms with Gasteiger partial charge in [-0.05, 0) is 62.5 Å². The lowest BCUT2D eigenvalue weighted by molar-refractivity contribution is 0.306. The molecule has 0 aliphatic heterocycles. The molecule has 17 heavy (non-hydrogen) atoms. The maximum atomic E-state index is 5.74. The maximum absolute atomic E-state index is 5.74. The third-order valence-electron chi connectivity index (χ3n) is 2.95. The first-order valence-corrected chi connectivity index (χ1v) is 6.53. The molecule has 1 rings (SSSR count). The second-order valence-corrected chi connectivity index (χ2v) is 4.83. The zero-order valence-corrected chi connectivity index (χ0v) is 11.5. The molecule has 2 heteroatoms. The van der Waals surface area contributed by atoms with E-state index in [1.807, 2.05) is 7.05 Å². The van der Waals surface area contributed by atoms with Crippen LogP contribution < -0.4 is 10.1 Å². The topological polar surface area (TPSA) is 21.3 Å². The molecule has 0 saturated carbocycles. The first-order valence-electron chi connectivity index (χ1n) is 6.53. The summed E-state index contributed by atoms with van der Waals surface area (Å²) >= 11 is 0. The van der Waals surface area contributed by atoms with Gasteiger partial charge in [-0.15, -0.1) is 0 Å². The summed E-state index contributed by atoms with van der Waals surface area (Å²) in [7, 11) is 1.98. The van der Waals surface area contributed by atoms with Crippen LogP contribution in [0.2, 0.25) is 0 Å². The fourth-order valence-electron chi connectivity index (χ4n) is 1.98. The van der Waals surface area contributed by atoms with E-state index in [1.165, 1.54) is 17.5 Å². The molecule has 0 spiro atoms. The minimum atomic E-state index is 0.583. The van der Waals surface area contributed by atoms with Gasteiger partial charge in [-0.2, -0.15) is 0 Å². The molecule has 0 bridgehead atoms. The molecule has 1 aromatic carbocycles. The minimum absolute atomic E-state index is 0.583. The van der Waals surface area contributed by atoms with Gasteiger partial charge in [-0.1, -0.05) is 19.9 Å². The average molecular weight is 235 g/mol. The summed E-state index contributed by atoms with van der Waals surface area (Å²) in [5.74, 6) is 1.58. The van der Waals surface area contributed by atoms with Crippen LogP contribution in [-0.2, 0) is 0 Å². The molecular weight excluding hydrogens is 210 g/mol. The van der Waals surface area contributed by atoms with E-state index in [-0.39, 0.29) is 0 Å². The van der Waals surface area contributed by atoms with Gasteiger partial charge in [0.05, 0.1) is 6.61 Å². The highest BCUT2D eigenvalue weighted by Gasteiger charge is 2.04. The van der Waals surface area contributed by atoms with Gasteiger partial charge >= 0.3 is 0 Å². The van der Waals surface area contributed by atoms with Crippen LogP contribution >= 0.6 is 0 Å². The van der Waals surface area contributed by atoms with E-state index in [4.69, 9.17) is 4.74 Å². The van der Waals surface area contributed by atoms with E-state index in [0.29, 0.717) is 5.92 Å². The lowest BCUT2D eigenvalue weighted by Gasteiger charge is -2.12. The molecule has 0 atom stereocenters. The predicted octanol–water partition coefficient (Wildman–Crippen LogP) is 3.50.